The molecule has 1 aliphatic rings. The third-order valence-corrected chi connectivity index (χ3v) is 3.69. The molecule has 20 heavy (non-hydrogen) atoms. The average molecular weight is 277 g/mol. The number of nitrogens with zero attached hydrogens (tertiary/aromatic N) is 2. The Balaban J connectivity index is 1.96. The Labute approximate surface area is 120 Å². The largest absolute Gasteiger partial charge is 0.507 e. The summed E-state index contributed by atoms with van der Waals surface area (Å²) < 4.78 is 0. The zero-order valence-corrected chi connectivity index (χ0v) is 11.8. The van der Waals surface area contributed by atoms with Crippen LogP contribution in [0.2, 0.25) is 0 Å². The lowest BCUT2D eigenvalue weighted by Gasteiger charge is -2.22. The van der Waals surface area contributed by atoms with Crippen LogP contribution in [0.4, 0.5) is 0 Å². The molecule has 1 aromatic rings. The van der Waals surface area contributed by atoms with Crippen molar-refractivity contribution in [3.63, 3.8) is 0 Å². The summed E-state index contributed by atoms with van der Waals surface area (Å²) in [5.41, 5.74) is 5.93. The Morgan fingerprint density at radius 2 is 2.00 bits per heavy atom. The number of aromatic hydroxyl groups is 1. The van der Waals surface area contributed by atoms with Crippen LogP contribution in [-0.4, -0.2) is 60.1 Å². The first-order chi connectivity index (χ1) is 9.72. The van der Waals surface area contributed by atoms with E-state index in [9.17, 15) is 9.90 Å². The molecule has 0 aliphatic carbocycles. The average Bonchev–Trinajstić information content (AvgIpc) is 2.70. The lowest BCUT2D eigenvalue weighted by atomic mass is 10.1. The molecule has 0 saturated carbocycles. The van der Waals surface area contributed by atoms with Gasteiger partial charge in [-0.2, -0.15) is 0 Å². The minimum atomic E-state index is -0.0798. The van der Waals surface area contributed by atoms with Gasteiger partial charge in [-0.3, -0.25) is 4.79 Å². The van der Waals surface area contributed by atoms with Gasteiger partial charge in [-0.05, 0) is 44.6 Å². The van der Waals surface area contributed by atoms with Crippen LogP contribution in [-0.2, 0) is 0 Å². The highest BCUT2D eigenvalue weighted by Gasteiger charge is 2.21. The zero-order chi connectivity index (χ0) is 14.4. The molecule has 0 bridgehead atoms. The Bertz CT molecular complexity index is 450. The van der Waals surface area contributed by atoms with Crippen molar-refractivity contribution in [2.24, 2.45) is 5.73 Å². The number of hydrogen-bond acceptors (Lipinski definition) is 4. The van der Waals surface area contributed by atoms with Gasteiger partial charge in [-0.1, -0.05) is 12.1 Å². The van der Waals surface area contributed by atoms with Gasteiger partial charge in [-0.15, -0.1) is 0 Å². The first-order valence-corrected chi connectivity index (χ1v) is 7.22. The second-order valence-corrected chi connectivity index (χ2v) is 5.15. The van der Waals surface area contributed by atoms with E-state index in [4.69, 9.17) is 5.73 Å². The fraction of sp³-hybridized carbons (Fsp3) is 0.533. The highest BCUT2D eigenvalue weighted by molar-refractivity contribution is 5.96. The Morgan fingerprint density at radius 1 is 1.20 bits per heavy atom. The fourth-order valence-electron chi connectivity index (χ4n) is 2.54. The lowest BCUT2D eigenvalue weighted by Crippen LogP contribution is -2.35. The van der Waals surface area contributed by atoms with Gasteiger partial charge >= 0.3 is 0 Å². The van der Waals surface area contributed by atoms with Gasteiger partial charge in [0.05, 0.1) is 5.56 Å². The van der Waals surface area contributed by atoms with Crippen LogP contribution < -0.4 is 5.73 Å². The number of amides is 1. The van der Waals surface area contributed by atoms with Crippen molar-refractivity contribution >= 4 is 5.91 Å². The van der Waals surface area contributed by atoms with E-state index in [-0.39, 0.29) is 11.7 Å². The van der Waals surface area contributed by atoms with E-state index >= 15 is 0 Å². The molecule has 1 heterocycles. The van der Waals surface area contributed by atoms with Crippen LogP contribution in [0.1, 0.15) is 23.2 Å². The molecule has 3 N–H and O–H groups in total. The van der Waals surface area contributed by atoms with E-state index in [1.54, 1.807) is 24.3 Å². The van der Waals surface area contributed by atoms with Gasteiger partial charge < -0.3 is 20.6 Å². The fourth-order valence-corrected chi connectivity index (χ4v) is 2.54. The van der Waals surface area contributed by atoms with E-state index in [0.29, 0.717) is 18.7 Å². The number of benzene rings is 1. The molecule has 2 rings (SSSR count). The minimum absolute atomic E-state index is 0.0572. The zero-order valence-electron chi connectivity index (χ0n) is 11.8. The van der Waals surface area contributed by atoms with E-state index in [1.807, 2.05) is 4.90 Å². The number of nitrogens with two attached hydrogens (primary N) is 1. The molecule has 1 saturated heterocycles. The van der Waals surface area contributed by atoms with Crippen LogP contribution >= 0.6 is 0 Å². The monoisotopic (exact) mass is 277 g/mol. The Hall–Kier alpha value is -1.59. The second-order valence-electron chi connectivity index (χ2n) is 5.15. The van der Waals surface area contributed by atoms with Gasteiger partial charge in [0.15, 0.2) is 0 Å². The molecule has 1 aliphatic heterocycles. The molecule has 0 aromatic heterocycles. The summed E-state index contributed by atoms with van der Waals surface area (Å²) in [6, 6.07) is 6.73. The quantitative estimate of drug-likeness (QED) is 0.857. The van der Waals surface area contributed by atoms with Crippen LogP contribution in [0.15, 0.2) is 24.3 Å². The van der Waals surface area contributed by atoms with Crippen LogP contribution in [0.25, 0.3) is 0 Å². The predicted molar refractivity (Wildman–Crippen MR) is 78.7 cm³/mol. The van der Waals surface area contributed by atoms with Crippen molar-refractivity contribution in [1.82, 2.24) is 9.80 Å². The number of phenolic OH excluding ortho intramolecular Hbond substituents is 1. The Kier molecular flexibility index (Phi) is 5.38. The number of phenols is 1. The summed E-state index contributed by atoms with van der Waals surface area (Å²) in [4.78, 5) is 16.6. The third-order valence-electron chi connectivity index (χ3n) is 3.69. The second kappa shape index (κ2) is 7.26. The van der Waals surface area contributed by atoms with Gasteiger partial charge in [-0.25, -0.2) is 0 Å². The summed E-state index contributed by atoms with van der Waals surface area (Å²) in [7, 11) is 0. The molecule has 0 unspecified atom stereocenters. The number of para-hydroxylation sites is 1. The first kappa shape index (κ1) is 14.8. The molecule has 1 fully saturated rings. The predicted octanol–water partition coefficient (Wildman–Crippen LogP) is 0.889. The molecule has 5 nitrogen and oxygen atoms in total. The molecule has 0 atom stereocenters. The SMILES string of the molecule is NCCCN1CCCN(C(=O)c2ccccc2O)CC1. The van der Waals surface area contributed by atoms with Crippen molar-refractivity contribution in [3.8, 4) is 5.75 Å². The normalized spacial score (nSPS) is 16.9. The van der Waals surface area contributed by atoms with Gasteiger partial charge in [0.25, 0.3) is 5.91 Å². The minimum Gasteiger partial charge on any atom is -0.507 e. The summed E-state index contributed by atoms with van der Waals surface area (Å²) in [5, 5.41) is 9.78. The molecule has 1 amide bonds. The molecule has 5 heteroatoms. The van der Waals surface area contributed by atoms with E-state index in [2.05, 4.69) is 4.90 Å². The Morgan fingerprint density at radius 3 is 2.75 bits per heavy atom. The highest BCUT2D eigenvalue weighted by atomic mass is 16.3. The van der Waals surface area contributed by atoms with Crippen molar-refractivity contribution in [1.29, 1.82) is 0 Å². The molecular formula is C15H23N3O2. The summed E-state index contributed by atoms with van der Waals surface area (Å²) >= 11 is 0. The van der Waals surface area contributed by atoms with Gasteiger partial charge in [0, 0.05) is 19.6 Å². The topological polar surface area (TPSA) is 69.8 Å². The van der Waals surface area contributed by atoms with Crippen molar-refractivity contribution < 1.29 is 9.90 Å². The van der Waals surface area contributed by atoms with E-state index < -0.39 is 0 Å². The van der Waals surface area contributed by atoms with Crippen LogP contribution in [0, 0.1) is 0 Å². The van der Waals surface area contributed by atoms with E-state index in [0.717, 1.165) is 39.0 Å². The summed E-state index contributed by atoms with van der Waals surface area (Å²) in [6.07, 6.45) is 1.96. The maximum atomic E-state index is 12.4. The third kappa shape index (κ3) is 3.71. The van der Waals surface area contributed by atoms with Crippen molar-refractivity contribution in [2.75, 3.05) is 39.3 Å². The molecule has 110 valence electrons. The summed E-state index contributed by atoms with van der Waals surface area (Å²) in [6.45, 7) is 5.03. The van der Waals surface area contributed by atoms with Crippen LogP contribution in [0.3, 0.4) is 0 Å². The van der Waals surface area contributed by atoms with Crippen molar-refractivity contribution in [2.45, 2.75) is 12.8 Å². The number of rotatable bonds is 4. The molecular weight excluding hydrogens is 254 g/mol. The maximum Gasteiger partial charge on any atom is 0.257 e. The molecule has 1 aromatic carbocycles. The lowest BCUT2D eigenvalue weighted by molar-refractivity contribution is 0.0758. The standard InChI is InChI=1S/C15H23N3O2/c16-7-3-8-17-9-4-10-18(12-11-17)15(20)13-5-1-2-6-14(13)19/h1-2,5-6,19H,3-4,7-12,16H2. The first-order valence-electron chi connectivity index (χ1n) is 7.22. The van der Waals surface area contributed by atoms with Crippen molar-refractivity contribution in [3.05, 3.63) is 29.8 Å². The highest BCUT2D eigenvalue weighted by Crippen LogP contribution is 2.18. The van der Waals surface area contributed by atoms with Crippen LogP contribution in [0.5, 0.6) is 5.75 Å². The number of carbonyl (C=O) groups is 1. The van der Waals surface area contributed by atoms with Gasteiger partial charge in [0.2, 0.25) is 0 Å². The smallest absolute Gasteiger partial charge is 0.257 e. The maximum absolute atomic E-state index is 12.4. The van der Waals surface area contributed by atoms with Gasteiger partial charge in [0.1, 0.15) is 5.75 Å². The molecule has 0 spiro atoms. The number of hydrogen-bond donors (Lipinski definition) is 2. The van der Waals surface area contributed by atoms with E-state index in [1.165, 1.54) is 0 Å². The number of carbonyl (C=O) groups excluding carboxylic acids is 1. The summed E-state index contributed by atoms with van der Waals surface area (Å²) in [5.74, 6) is -0.0227. The molecule has 0 radical (unpaired) electrons.